The fraction of sp³-hybridized carbons (Fsp3) is 0.364. The molecule has 0 saturated carbocycles. The van der Waals surface area contributed by atoms with Crippen LogP contribution in [0.4, 0.5) is 13.2 Å². The monoisotopic (exact) mass is 271 g/mol. The van der Waals surface area contributed by atoms with Crippen molar-refractivity contribution in [1.29, 1.82) is 5.26 Å². The minimum absolute atomic E-state index is 0.142. The van der Waals surface area contributed by atoms with E-state index >= 15 is 0 Å². The number of alkyl halides is 3. The summed E-state index contributed by atoms with van der Waals surface area (Å²) in [6.45, 7) is -0.284. The summed E-state index contributed by atoms with van der Waals surface area (Å²) < 4.78 is 41.5. The van der Waals surface area contributed by atoms with Gasteiger partial charge in [0.15, 0.2) is 0 Å². The standard InChI is InChI=1S/C11H8F3N3O2/c12-11(13,14)10(18)17-5-8(6-17)19-9-3-7(4-15)1-2-16-9/h1-3,8H,5-6H2. The largest absolute Gasteiger partial charge is 0.471 e. The summed E-state index contributed by atoms with van der Waals surface area (Å²) in [6, 6.07) is 4.75. The number of rotatable bonds is 2. The van der Waals surface area contributed by atoms with Crippen molar-refractivity contribution in [3.8, 4) is 11.9 Å². The predicted octanol–water partition coefficient (Wildman–Crippen LogP) is 1.11. The molecule has 0 aliphatic carbocycles. The molecule has 5 nitrogen and oxygen atoms in total. The van der Waals surface area contributed by atoms with Gasteiger partial charge < -0.3 is 9.64 Å². The SMILES string of the molecule is N#Cc1ccnc(OC2CN(C(=O)C(F)(F)F)C2)c1. The lowest BCUT2D eigenvalue weighted by molar-refractivity contribution is -0.193. The van der Waals surface area contributed by atoms with Crippen molar-refractivity contribution in [3.63, 3.8) is 0 Å². The maximum Gasteiger partial charge on any atom is 0.471 e. The number of carbonyl (C=O) groups is 1. The minimum Gasteiger partial charge on any atom is -0.471 e. The number of nitriles is 1. The highest BCUT2D eigenvalue weighted by atomic mass is 19.4. The second-order valence-electron chi connectivity index (χ2n) is 3.94. The van der Waals surface area contributed by atoms with Crippen molar-refractivity contribution in [2.75, 3.05) is 13.1 Å². The van der Waals surface area contributed by atoms with Gasteiger partial charge in [-0.25, -0.2) is 4.98 Å². The van der Waals surface area contributed by atoms with Gasteiger partial charge >= 0.3 is 12.1 Å². The average molecular weight is 271 g/mol. The highest BCUT2D eigenvalue weighted by Crippen LogP contribution is 2.24. The second-order valence-corrected chi connectivity index (χ2v) is 3.94. The summed E-state index contributed by atoms with van der Waals surface area (Å²) in [5.41, 5.74) is 0.340. The number of likely N-dealkylation sites (tertiary alicyclic amines) is 1. The van der Waals surface area contributed by atoms with Crippen LogP contribution in [0.2, 0.25) is 0 Å². The molecule has 2 heterocycles. The number of hydrogen-bond donors (Lipinski definition) is 0. The first-order valence-electron chi connectivity index (χ1n) is 5.29. The number of carbonyl (C=O) groups excluding carboxylic acids is 1. The summed E-state index contributed by atoms with van der Waals surface area (Å²) in [4.78, 5) is 15.3. The molecule has 1 aliphatic rings. The van der Waals surface area contributed by atoms with Gasteiger partial charge in [0.25, 0.3) is 0 Å². The van der Waals surface area contributed by atoms with Gasteiger partial charge in [0.05, 0.1) is 24.7 Å². The molecule has 19 heavy (non-hydrogen) atoms. The van der Waals surface area contributed by atoms with E-state index in [9.17, 15) is 18.0 Å². The van der Waals surface area contributed by atoms with Gasteiger partial charge in [0.2, 0.25) is 5.88 Å². The van der Waals surface area contributed by atoms with Crippen LogP contribution in [0.25, 0.3) is 0 Å². The number of pyridine rings is 1. The summed E-state index contributed by atoms with van der Waals surface area (Å²) in [6.07, 6.45) is -4.03. The van der Waals surface area contributed by atoms with Gasteiger partial charge in [-0.05, 0) is 6.07 Å². The number of nitrogens with zero attached hydrogens (tertiary/aromatic N) is 3. The van der Waals surface area contributed by atoms with Crippen molar-refractivity contribution in [3.05, 3.63) is 23.9 Å². The summed E-state index contributed by atoms with van der Waals surface area (Å²) >= 11 is 0. The highest BCUT2D eigenvalue weighted by molar-refractivity contribution is 5.82. The zero-order valence-electron chi connectivity index (χ0n) is 9.52. The molecule has 0 atom stereocenters. The molecule has 1 amide bonds. The van der Waals surface area contributed by atoms with E-state index in [4.69, 9.17) is 10.00 Å². The Morgan fingerprint density at radius 2 is 2.21 bits per heavy atom. The Kier molecular flexibility index (Phi) is 3.29. The topological polar surface area (TPSA) is 66.2 Å². The van der Waals surface area contributed by atoms with Crippen LogP contribution in [0.3, 0.4) is 0 Å². The van der Waals surface area contributed by atoms with Gasteiger partial charge in [-0.2, -0.15) is 18.4 Å². The first kappa shape index (κ1) is 13.1. The third kappa shape index (κ3) is 2.93. The molecule has 0 aromatic carbocycles. The lowest BCUT2D eigenvalue weighted by Gasteiger charge is -2.38. The van der Waals surface area contributed by atoms with Crippen LogP contribution in [-0.2, 0) is 4.79 Å². The van der Waals surface area contributed by atoms with Crippen molar-refractivity contribution in [1.82, 2.24) is 9.88 Å². The maximum atomic E-state index is 12.1. The predicted molar refractivity (Wildman–Crippen MR) is 56.0 cm³/mol. The van der Waals surface area contributed by atoms with Crippen LogP contribution in [-0.4, -0.2) is 41.2 Å². The molecule has 1 aliphatic heterocycles. The zero-order valence-corrected chi connectivity index (χ0v) is 9.52. The molecular weight excluding hydrogens is 263 g/mol. The Morgan fingerprint density at radius 1 is 1.53 bits per heavy atom. The zero-order chi connectivity index (χ0) is 14.0. The number of halogens is 3. The first-order chi connectivity index (χ1) is 8.90. The van der Waals surface area contributed by atoms with Crippen LogP contribution in [0.1, 0.15) is 5.56 Å². The maximum absolute atomic E-state index is 12.1. The van der Waals surface area contributed by atoms with Crippen molar-refractivity contribution in [2.24, 2.45) is 0 Å². The molecule has 0 bridgehead atoms. The Hall–Kier alpha value is -2.30. The molecular formula is C11H8F3N3O2. The molecule has 1 saturated heterocycles. The number of amides is 1. The second kappa shape index (κ2) is 4.76. The number of hydrogen-bond acceptors (Lipinski definition) is 4. The van der Waals surface area contributed by atoms with Gasteiger partial charge in [0.1, 0.15) is 6.10 Å². The normalized spacial score (nSPS) is 15.6. The molecule has 0 unspecified atom stereocenters. The van der Waals surface area contributed by atoms with E-state index < -0.39 is 18.2 Å². The number of aromatic nitrogens is 1. The Morgan fingerprint density at radius 3 is 2.79 bits per heavy atom. The van der Waals surface area contributed by atoms with Gasteiger partial charge in [0, 0.05) is 12.3 Å². The van der Waals surface area contributed by atoms with E-state index in [1.54, 1.807) is 0 Å². The molecule has 0 N–H and O–H groups in total. The fourth-order valence-corrected chi connectivity index (χ4v) is 1.57. The van der Waals surface area contributed by atoms with E-state index in [0.717, 1.165) is 0 Å². The van der Waals surface area contributed by atoms with Crippen LogP contribution in [0.15, 0.2) is 18.3 Å². The van der Waals surface area contributed by atoms with Crippen molar-refractivity contribution in [2.45, 2.75) is 12.3 Å². The van der Waals surface area contributed by atoms with E-state index in [1.807, 2.05) is 6.07 Å². The smallest absolute Gasteiger partial charge is 0.471 e. The molecule has 1 fully saturated rings. The molecule has 100 valence electrons. The van der Waals surface area contributed by atoms with Gasteiger partial charge in [-0.15, -0.1) is 0 Å². The first-order valence-corrected chi connectivity index (χ1v) is 5.29. The minimum atomic E-state index is -4.86. The van der Waals surface area contributed by atoms with Crippen molar-refractivity contribution < 1.29 is 22.7 Å². The Balaban J connectivity index is 1.88. The third-order valence-electron chi connectivity index (χ3n) is 2.53. The third-order valence-corrected chi connectivity index (χ3v) is 2.53. The molecule has 0 spiro atoms. The molecule has 2 rings (SSSR count). The summed E-state index contributed by atoms with van der Waals surface area (Å²) in [5.74, 6) is -1.71. The average Bonchev–Trinajstić information content (AvgIpc) is 2.31. The lowest BCUT2D eigenvalue weighted by atomic mass is 10.1. The van der Waals surface area contributed by atoms with Gasteiger partial charge in [-0.1, -0.05) is 0 Å². The Bertz CT molecular complexity index is 533. The van der Waals surface area contributed by atoms with E-state index in [0.29, 0.717) is 10.5 Å². The van der Waals surface area contributed by atoms with E-state index in [-0.39, 0.29) is 19.0 Å². The highest BCUT2D eigenvalue weighted by Gasteiger charge is 2.47. The van der Waals surface area contributed by atoms with Gasteiger partial charge in [-0.3, -0.25) is 4.79 Å². The molecule has 1 aromatic rings. The summed E-state index contributed by atoms with van der Waals surface area (Å²) in [7, 11) is 0. The van der Waals surface area contributed by atoms with E-state index in [1.165, 1.54) is 18.3 Å². The van der Waals surface area contributed by atoms with Crippen LogP contribution < -0.4 is 4.74 Å². The molecule has 8 heteroatoms. The quantitative estimate of drug-likeness (QED) is 0.808. The van der Waals surface area contributed by atoms with Crippen LogP contribution in [0, 0.1) is 11.3 Å². The molecule has 0 radical (unpaired) electrons. The molecule has 1 aromatic heterocycles. The van der Waals surface area contributed by atoms with Crippen molar-refractivity contribution >= 4 is 5.91 Å². The fourth-order valence-electron chi connectivity index (χ4n) is 1.57. The van der Waals surface area contributed by atoms with Crippen LogP contribution >= 0.6 is 0 Å². The summed E-state index contributed by atoms with van der Waals surface area (Å²) in [5, 5.41) is 8.66. The van der Waals surface area contributed by atoms with E-state index in [2.05, 4.69) is 4.98 Å². The lowest BCUT2D eigenvalue weighted by Crippen LogP contribution is -2.59. The number of ether oxygens (including phenoxy) is 1. The van der Waals surface area contributed by atoms with Crippen LogP contribution in [0.5, 0.6) is 5.88 Å². The Labute approximate surface area is 106 Å².